The van der Waals surface area contributed by atoms with E-state index >= 15 is 0 Å². The summed E-state index contributed by atoms with van der Waals surface area (Å²) in [5.41, 5.74) is 1.04. The van der Waals surface area contributed by atoms with Crippen molar-refractivity contribution in [3.05, 3.63) is 35.9 Å². The summed E-state index contributed by atoms with van der Waals surface area (Å²) in [6.45, 7) is 7.07. The molecule has 2 rings (SSSR count). The molecule has 0 aromatic heterocycles. The van der Waals surface area contributed by atoms with Crippen molar-refractivity contribution in [1.82, 2.24) is 10.2 Å². The van der Waals surface area contributed by atoms with E-state index < -0.39 is 0 Å². The van der Waals surface area contributed by atoms with Gasteiger partial charge in [-0.25, -0.2) is 0 Å². The smallest absolute Gasteiger partial charge is 0.245 e. The molecule has 0 spiro atoms. The molecule has 0 radical (unpaired) electrons. The lowest BCUT2D eigenvalue weighted by atomic mass is 10.1. The minimum atomic E-state index is -0.233. The van der Waals surface area contributed by atoms with E-state index in [1.165, 1.54) is 0 Å². The molecule has 1 saturated heterocycles. The van der Waals surface area contributed by atoms with Crippen molar-refractivity contribution in [2.24, 2.45) is 5.92 Å². The third kappa shape index (κ3) is 3.44. The predicted octanol–water partition coefficient (Wildman–Crippen LogP) is 2.57. The molecule has 3 unspecified atom stereocenters. The zero-order valence-corrected chi connectivity index (χ0v) is 13.4. The standard InChI is InChI=1S/C17H26N2O2/c1-12(2)16-18-15(14-8-6-5-7-9-14)17(20)19(16)13(3)10-11-21-4/h5-9,12-13,15-16,18H,10-11H2,1-4H3. The van der Waals surface area contributed by atoms with Gasteiger partial charge < -0.3 is 9.64 Å². The molecule has 1 N–H and O–H groups in total. The Kier molecular flexibility index (Phi) is 5.37. The van der Waals surface area contributed by atoms with Crippen LogP contribution >= 0.6 is 0 Å². The number of hydrogen-bond acceptors (Lipinski definition) is 3. The Balaban J connectivity index is 2.20. The summed E-state index contributed by atoms with van der Waals surface area (Å²) in [5.74, 6) is 0.538. The van der Waals surface area contributed by atoms with Crippen LogP contribution in [0.4, 0.5) is 0 Å². The van der Waals surface area contributed by atoms with Crippen molar-refractivity contribution in [3.8, 4) is 0 Å². The molecule has 0 aliphatic carbocycles. The summed E-state index contributed by atoms with van der Waals surface area (Å²) in [6.07, 6.45) is 0.934. The van der Waals surface area contributed by atoms with Crippen molar-refractivity contribution >= 4 is 5.91 Å². The van der Waals surface area contributed by atoms with Crippen LogP contribution in [-0.4, -0.2) is 36.7 Å². The largest absolute Gasteiger partial charge is 0.385 e. The van der Waals surface area contributed by atoms with E-state index in [1.54, 1.807) is 7.11 Å². The van der Waals surface area contributed by atoms with Gasteiger partial charge >= 0.3 is 0 Å². The highest BCUT2D eigenvalue weighted by Gasteiger charge is 2.42. The van der Waals surface area contributed by atoms with Gasteiger partial charge in [0.2, 0.25) is 5.91 Å². The monoisotopic (exact) mass is 290 g/mol. The Labute approximate surface area is 127 Å². The quantitative estimate of drug-likeness (QED) is 0.875. The van der Waals surface area contributed by atoms with Crippen LogP contribution < -0.4 is 5.32 Å². The van der Waals surface area contributed by atoms with Crippen LogP contribution in [0.25, 0.3) is 0 Å². The average Bonchev–Trinajstić information content (AvgIpc) is 2.83. The van der Waals surface area contributed by atoms with Crippen molar-refractivity contribution < 1.29 is 9.53 Å². The zero-order chi connectivity index (χ0) is 15.4. The lowest BCUT2D eigenvalue weighted by molar-refractivity contribution is -0.133. The summed E-state index contributed by atoms with van der Waals surface area (Å²) >= 11 is 0. The maximum Gasteiger partial charge on any atom is 0.245 e. The van der Waals surface area contributed by atoms with Crippen LogP contribution in [0.2, 0.25) is 0 Å². The average molecular weight is 290 g/mol. The summed E-state index contributed by atoms with van der Waals surface area (Å²) in [4.78, 5) is 14.8. The second-order valence-corrected chi connectivity index (χ2v) is 6.08. The molecule has 1 fully saturated rings. The number of carbonyl (C=O) groups excluding carboxylic acids is 1. The Morgan fingerprint density at radius 1 is 1.24 bits per heavy atom. The third-order valence-electron chi connectivity index (χ3n) is 4.12. The number of nitrogens with zero attached hydrogens (tertiary/aromatic N) is 1. The topological polar surface area (TPSA) is 41.6 Å². The zero-order valence-electron chi connectivity index (χ0n) is 13.4. The lowest BCUT2D eigenvalue weighted by Gasteiger charge is -2.32. The van der Waals surface area contributed by atoms with Crippen molar-refractivity contribution in [2.45, 2.75) is 45.4 Å². The Morgan fingerprint density at radius 3 is 2.48 bits per heavy atom. The van der Waals surface area contributed by atoms with E-state index in [0.717, 1.165) is 12.0 Å². The van der Waals surface area contributed by atoms with Crippen LogP contribution in [-0.2, 0) is 9.53 Å². The first-order valence-corrected chi connectivity index (χ1v) is 7.68. The number of hydrogen-bond donors (Lipinski definition) is 1. The molecule has 1 aliphatic heterocycles. The molecule has 1 aliphatic rings. The Hall–Kier alpha value is -1.39. The fourth-order valence-electron chi connectivity index (χ4n) is 2.93. The van der Waals surface area contributed by atoms with Gasteiger partial charge in [-0.15, -0.1) is 0 Å². The fourth-order valence-corrected chi connectivity index (χ4v) is 2.93. The van der Waals surface area contributed by atoms with Crippen molar-refractivity contribution in [1.29, 1.82) is 0 Å². The molecular formula is C17H26N2O2. The van der Waals surface area contributed by atoms with Crippen LogP contribution in [0.3, 0.4) is 0 Å². The summed E-state index contributed by atoms with van der Waals surface area (Å²) in [6, 6.07) is 9.89. The van der Waals surface area contributed by atoms with E-state index in [2.05, 4.69) is 26.1 Å². The molecule has 4 heteroatoms. The molecule has 0 bridgehead atoms. The normalized spacial score (nSPS) is 23.9. The van der Waals surface area contributed by atoms with Gasteiger partial charge in [-0.3, -0.25) is 10.1 Å². The van der Waals surface area contributed by atoms with Gasteiger partial charge in [0, 0.05) is 19.8 Å². The number of amides is 1. The number of rotatable bonds is 6. The number of carbonyl (C=O) groups is 1. The molecule has 3 atom stereocenters. The molecule has 4 nitrogen and oxygen atoms in total. The SMILES string of the molecule is COCCC(C)N1C(=O)C(c2ccccc2)NC1C(C)C. The van der Waals surface area contributed by atoms with Gasteiger partial charge in [0.1, 0.15) is 6.04 Å². The van der Waals surface area contributed by atoms with Gasteiger partial charge in [0.25, 0.3) is 0 Å². The Morgan fingerprint density at radius 2 is 1.90 bits per heavy atom. The highest BCUT2D eigenvalue weighted by atomic mass is 16.5. The van der Waals surface area contributed by atoms with Crippen LogP contribution in [0.5, 0.6) is 0 Å². The minimum absolute atomic E-state index is 0.0783. The highest BCUT2D eigenvalue weighted by Crippen LogP contribution is 2.29. The van der Waals surface area contributed by atoms with Gasteiger partial charge in [0.05, 0.1) is 6.17 Å². The maximum atomic E-state index is 12.8. The fraction of sp³-hybridized carbons (Fsp3) is 0.588. The molecule has 1 aromatic carbocycles. The van der Waals surface area contributed by atoms with Gasteiger partial charge in [0.15, 0.2) is 0 Å². The molecule has 1 heterocycles. The first-order chi connectivity index (χ1) is 10.1. The number of methoxy groups -OCH3 is 1. The molecular weight excluding hydrogens is 264 g/mol. The summed E-state index contributed by atoms with van der Waals surface area (Å²) in [5, 5.41) is 3.50. The van der Waals surface area contributed by atoms with E-state index in [4.69, 9.17) is 4.74 Å². The van der Waals surface area contributed by atoms with Crippen LogP contribution in [0, 0.1) is 5.92 Å². The number of benzene rings is 1. The molecule has 0 saturated carbocycles. The van der Waals surface area contributed by atoms with E-state index in [0.29, 0.717) is 12.5 Å². The first kappa shape index (κ1) is 16.0. The summed E-state index contributed by atoms with van der Waals surface area (Å²) < 4.78 is 5.16. The predicted molar refractivity (Wildman–Crippen MR) is 83.7 cm³/mol. The number of nitrogens with one attached hydrogen (secondary N) is 1. The van der Waals surface area contributed by atoms with Gasteiger partial charge in [-0.2, -0.15) is 0 Å². The Bertz CT molecular complexity index is 461. The maximum absolute atomic E-state index is 12.8. The second kappa shape index (κ2) is 7.05. The van der Waals surface area contributed by atoms with E-state index in [-0.39, 0.29) is 24.2 Å². The number of ether oxygens (including phenoxy) is 1. The highest BCUT2D eigenvalue weighted by molar-refractivity contribution is 5.86. The van der Waals surface area contributed by atoms with E-state index in [1.807, 2.05) is 35.2 Å². The summed E-state index contributed by atoms with van der Waals surface area (Å²) in [7, 11) is 1.70. The van der Waals surface area contributed by atoms with Crippen molar-refractivity contribution in [2.75, 3.05) is 13.7 Å². The second-order valence-electron chi connectivity index (χ2n) is 6.08. The van der Waals surface area contributed by atoms with E-state index in [9.17, 15) is 4.79 Å². The third-order valence-corrected chi connectivity index (χ3v) is 4.12. The van der Waals surface area contributed by atoms with Gasteiger partial charge in [-0.1, -0.05) is 44.2 Å². The van der Waals surface area contributed by atoms with Crippen LogP contribution in [0.15, 0.2) is 30.3 Å². The molecule has 21 heavy (non-hydrogen) atoms. The van der Waals surface area contributed by atoms with Crippen LogP contribution in [0.1, 0.15) is 38.8 Å². The minimum Gasteiger partial charge on any atom is -0.385 e. The molecule has 1 amide bonds. The molecule has 116 valence electrons. The first-order valence-electron chi connectivity index (χ1n) is 7.68. The molecule has 1 aromatic rings. The lowest BCUT2D eigenvalue weighted by Crippen LogP contribution is -2.46. The van der Waals surface area contributed by atoms with Crippen molar-refractivity contribution in [3.63, 3.8) is 0 Å². The van der Waals surface area contributed by atoms with Gasteiger partial charge in [-0.05, 0) is 24.8 Å².